The van der Waals surface area contributed by atoms with Crippen LogP contribution >= 0.6 is 0 Å². The number of aryl methyl sites for hydroxylation is 2. The van der Waals surface area contributed by atoms with E-state index in [0.29, 0.717) is 23.6 Å². The third-order valence-corrected chi connectivity index (χ3v) is 5.88. The van der Waals surface area contributed by atoms with E-state index in [1.54, 1.807) is 31.2 Å². The highest BCUT2D eigenvalue weighted by molar-refractivity contribution is 7.91. The highest BCUT2D eigenvalue weighted by Crippen LogP contribution is 2.16. The molecular formula is C19H21N5O4S. The van der Waals surface area contributed by atoms with E-state index in [9.17, 15) is 18.0 Å². The lowest BCUT2D eigenvalue weighted by Gasteiger charge is -2.09. The number of amides is 1. The number of benzene rings is 1. The molecule has 0 unspecified atom stereocenters. The largest absolute Gasteiger partial charge is 0.310 e. The van der Waals surface area contributed by atoms with Crippen LogP contribution in [0.1, 0.15) is 24.7 Å². The predicted octanol–water partition coefficient (Wildman–Crippen LogP) is 1.63. The molecule has 3 rings (SSSR count). The second-order valence-electron chi connectivity index (χ2n) is 6.43. The average molecular weight is 415 g/mol. The number of nitrogens with one attached hydrogen (secondary N) is 2. The van der Waals surface area contributed by atoms with Crippen LogP contribution in [-0.4, -0.2) is 39.8 Å². The third kappa shape index (κ3) is 4.96. The van der Waals surface area contributed by atoms with E-state index in [1.807, 2.05) is 6.92 Å². The maximum atomic E-state index is 12.4. The van der Waals surface area contributed by atoms with Crippen LogP contribution in [0.25, 0.3) is 5.95 Å². The van der Waals surface area contributed by atoms with Crippen LogP contribution < -0.4 is 10.9 Å². The van der Waals surface area contributed by atoms with Crippen molar-refractivity contribution in [2.24, 2.45) is 0 Å². The fraction of sp³-hybridized carbons (Fsp3) is 0.263. The smallest absolute Gasteiger partial charge is 0.252 e. The molecule has 0 bridgehead atoms. The monoisotopic (exact) mass is 415 g/mol. The molecule has 0 aliphatic heterocycles. The van der Waals surface area contributed by atoms with Gasteiger partial charge in [-0.2, -0.15) is 9.78 Å². The first-order valence-corrected chi connectivity index (χ1v) is 10.7. The zero-order chi connectivity index (χ0) is 21.0. The van der Waals surface area contributed by atoms with E-state index in [2.05, 4.69) is 20.4 Å². The van der Waals surface area contributed by atoms with Gasteiger partial charge in [0.05, 0.1) is 16.3 Å². The highest BCUT2D eigenvalue weighted by atomic mass is 32.2. The van der Waals surface area contributed by atoms with Crippen LogP contribution in [0.3, 0.4) is 0 Å². The van der Waals surface area contributed by atoms with Crippen molar-refractivity contribution in [2.75, 3.05) is 11.1 Å². The van der Waals surface area contributed by atoms with Gasteiger partial charge in [-0.3, -0.25) is 14.6 Å². The van der Waals surface area contributed by atoms with Crippen molar-refractivity contribution in [1.82, 2.24) is 19.7 Å². The topological polar surface area (TPSA) is 127 Å². The number of hydrogen-bond acceptors (Lipinski definition) is 6. The Hall–Kier alpha value is -3.27. The van der Waals surface area contributed by atoms with Crippen molar-refractivity contribution in [3.63, 3.8) is 0 Å². The van der Waals surface area contributed by atoms with Gasteiger partial charge in [-0.05, 0) is 25.5 Å². The summed E-state index contributed by atoms with van der Waals surface area (Å²) in [6.45, 7) is 3.60. The van der Waals surface area contributed by atoms with Crippen molar-refractivity contribution >= 4 is 21.6 Å². The molecular weight excluding hydrogens is 394 g/mol. The second-order valence-corrected chi connectivity index (χ2v) is 8.54. The standard InChI is InChI=1S/C19H21N5O4S/c1-3-14-12-18(26)22-19(20-14)24-16(11-13(2)23-24)21-17(25)9-10-29(27,28)15-7-5-4-6-8-15/h4-8,11-12H,3,9-10H2,1-2H3,(H,21,25)(H,20,22,26). The van der Waals surface area contributed by atoms with E-state index in [0.717, 1.165) is 0 Å². The summed E-state index contributed by atoms with van der Waals surface area (Å²) in [6, 6.07) is 11.0. The summed E-state index contributed by atoms with van der Waals surface area (Å²) in [4.78, 5) is 31.3. The summed E-state index contributed by atoms with van der Waals surface area (Å²) in [7, 11) is -3.56. The molecule has 29 heavy (non-hydrogen) atoms. The van der Waals surface area contributed by atoms with E-state index < -0.39 is 15.7 Å². The Balaban J connectivity index is 1.77. The quantitative estimate of drug-likeness (QED) is 0.604. The first-order chi connectivity index (χ1) is 13.8. The van der Waals surface area contributed by atoms with E-state index in [-0.39, 0.29) is 28.6 Å². The fourth-order valence-corrected chi connectivity index (χ4v) is 3.96. The zero-order valence-corrected chi connectivity index (χ0v) is 16.9. The molecule has 152 valence electrons. The molecule has 2 heterocycles. The second kappa shape index (κ2) is 8.39. The number of sulfone groups is 1. The van der Waals surface area contributed by atoms with Crippen molar-refractivity contribution in [3.05, 3.63) is 64.2 Å². The van der Waals surface area contributed by atoms with Gasteiger partial charge < -0.3 is 5.32 Å². The number of carbonyl (C=O) groups is 1. The van der Waals surface area contributed by atoms with Gasteiger partial charge in [0.25, 0.3) is 5.56 Å². The number of hydrogen-bond donors (Lipinski definition) is 2. The van der Waals surface area contributed by atoms with Gasteiger partial charge >= 0.3 is 0 Å². The number of nitrogens with zero attached hydrogens (tertiary/aromatic N) is 3. The SMILES string of the molecule is CCc1cc(=O)[nH]c(-n2nc(C)cc2NC(=O)CCS(=O)(=O)c2ccccc2)n1. The van der Waals surface area contributed by atoms with Crippen LogP contribution in [-0.2, 0) is 21.1 Å². The molecule has 0 aliphatic rings. The molecule has 1 amide bonds. The van der Waals surface area contributed by atoms with Crippen molar-refractivity contribution in [3.8, 4) is 5.95 Å². The highest BCUT2D eigenvalue weighted by Gasteiger charge is 2.18. The number of rotatable bonds is 7. The Morgan fingerprint density at radius 1 is 1.21 bits per heavy atom. The Kier molecular flexibility index (Phi) is 5.92. The van der Waals surface area contributed by atoms with Crippen LogP contribution in [0.15, 0.2) is 52.2 Å². The van der Waals surface area contributed by atoms with Gasteiger partial charge in [0.15, 0.2) is 9.84 Å². The number of aromatic amines is 1. The molecule has 0 saturated carbocycles. The summed E-state index contributed by atoms with van der Waals surface area (Å²) in [6.07, 6.45) is 0.344. The summed E-state index contributed by atoms with van der Waals surface area (Å²) in [5.74, 6) is -0.341. The van der Waals surface area contributed by atoms with Gasteiger partial charge in [0.1, 0.15) is 5.82 Å². The van der Waals surface area contributed by atoms with Crippen LogP contribution in [0.5, 0.6) is 0 Å². The maximum Gasteiger partial charge on any atom is 0.252 e. The summed E-state index contributed by atoms with van der Waals surface area (Å²) in [5.41, 5.74) is 0.858. The Labute approximate surface area is 167 Å². The number of aromatic nitrogens is 4. The molecule has 2 N–H and O–H groups in total. The maximum absolute atomic E-state index is 12.4. The van der Waals surface area contributed by atoms with Crippen LogP contribution in [0, 0.1) is 6.92 Å². The predicted molar refractivity (Wildman–Crippen MR) is 108 cm³/mol. The molecule has 0 spiro atoms. The number of anilines is 1. The number of H-pyrrole nitrogens is 1. The lowest BCUT2D eigenvalue weighted by Crippen LogP contribution is -2.21. The Morgan fingerprint density at radius 2 is 1.93 bits per heavy atom. The van der Waals surface area contributed by atoms with Gasteiger partial charge in [0.2, 0.25) is 11.9 Å². The molecule has 0 fully saturated rings. The van der Waals surface area contributed by atoms with E-state index >= 15 is 0 Å². The molecule has 1 aromatic carbocycles. The van der Waals surface area contributed by atoms with Crippen molar-refractivity contribution < 1.29 is 13.2 Å². The number of carbonyl (C=O) groups excluding carboxylic acids is 1. The summed E-state index contributed by atoms with van der Waals surface area (Å²) >= 11 is 0. The lowest BCUT2D eigenvalue weighted by molar-refractivity contribution is -0.115. The molecule has 3 aromatic rings. The van der Waals surface area contributed by atoms with Crippen LogP contribution in [0.2, 0.25) is 0 Å². The van der Waals surface area contributed by atoms with Gasteiger partial charge in [-0.1, -0.05) is 25.1 Å². The van der Waals surface area contributed by atoms with Crippen molar-refractivity contribution in [2.45, 2.75) is 31.6 Å². The summed E-state index contributed by atoms with van der Waals surface area (Å²) < 4.78 is 26.0. The van der Waals surface area contributed by atoms with Crippen molar-refractivity contribution in [1.29, 1.82) is 0 Å². The minimum atomic E-state index is -3.56. The molecule has 0 saturated heterocycles. The first-order valence-electron chi connectivity index (χ1n) is 9.03. The molecule has 9 nitrogen and oxygen atoms in total. The Morgan fingerprint density at radius 3 is 2.62 bits per heavy atom. The Bertz CT molecular complexity index is 1180. The summed E-state index contributed by atoms with van der Waals surface area (Å²) in [5, 5.41) is 6.90. The molecule has 0 aliphatic carbocycles. The molecule has 10 heteroatoms. The van der Waals surface area contributed by atoms with Crippen LogP contribution in [0.4, 0.5) is 5.82 Å². The minimum Gasteiger partial charge on any atom is -0.310 e. The molecule has 0 radical (unpaired) electrons. The van der Waals surface area contributed by atoms with Gasteiger partial charge in [-0.25, -0.2) is 13.4 Å². The lowest BCUT2D eigenvalue weighted by atomic mass is 10.3. The zero-order valence-electron chi connectivity index (χ0n) is 16.0. The fourth-order valence-electron chi connectivity index (χ4n) is 2.70. The molecule has 2 aromatic heterocycles. The third-order valence-electron chi connectivity index (χ3n) is 4.14. The van der Waals surface area contributed by atoms with Gasteiger partial charge in [-0.15, -0.1) is 0 Å². The van der Waals surface area contributed by atoms with Gasteiger partial charge in [0, 0.05) is 24.2 Å². The minimum absolute atomic E-state index is 0.173. The van der Waals surface area contributed by atoms with E-state index in [1.165, 1.54) is 22.9 Å². The molecule has 0 atom stereocenters. The average Bonchev–Trinajstić information content (AvgIpc) is 3.06. The van der Waals surface area contributed by atoms with E-state index in [4.69, 9.17) is 0 Å². The normalized spacial score (nSPS) is 11.4. The first kappa shape index (κ1) is 20.5.